The van der Waals surface area contributed by atoms with Gasteiger partial charge >= 0.3 is 11.7 Å². The van der Waals surface area contributed by atoms with Crippen LogP contribution in [0, 0.1) is 0 Å². The normalized spacial score (nSPS) is 10.9. The van der Waals surface area contributed by atoms with E-state index in [1.807, 2.05) is 12.1 Å². The van der Waals surface area contributed by atoms with E-state index in [-0.39, 0.29) is 22.3 Å². The predicted octanol–water partition coefficient (Wildman–Crippen LogP) is 2.20. The molecular formula is C25H21ClN4O6S. The van der Waals surface area contributed by atoms with Gasteiger partial charge in [0.15, 0.2) is 6.61 Å². The third kappa shape index (κ3) is 5.32. The number of thiophene rings is 1. The van der Waals surface area contributed by atoms with E-state index in [0.717, 1.165) is 24.8 Å². The van der Waals surface area contributed by atoms with Crippen molar-refractivity contribution in [3.8, 4) is 0 Å². The first kappa shape index (κ1) is 25.9. The van der Waals surface area contributed by atoms with Crippen molar-refractivity contribution in [1.29, 1.82) is 0 Å². The Bertz CT molecular complexity index is 1640. The second-order valence-electron chi connectivity index (χ2n) is 7.99. The number of benzene rings is 2. The molecule has 4 aromatic rings. The zero-order chi connectivity index (χ0) is 26.7. The Labute approximate surface area is 218 Å². The van der Waals surface area contributed by atoms with Gasteiger partial charge in [-0.3, -0.25) is 28.3 Å². The minimum absolute atomic E-state index is 0.0337. The van der Waals surface area contributed by atoms with Gasteiger partial charge in [-0.2, -0.15) is 0 Å². The van der Waals surface area contributed by atoms with Crippen LogP contribution in [0.25, 0.3) is 10.1 Å². The highest BCUT2D eigenvalue weighted by atomic mass is 35.5. The monoisotopic (exact) mass is 540 g/mol. The van der Waals surface area contributed by atoms with Crippen molar-refractivity contribution >= 4 is 56.5 Å². The topological polar surface area (TPSA) is 142 Å². The fourth-order valence-electron chi connectivity index (χ4n) is 3.63. The summed E-state index contributed by atoms with van der Waals surface area (Å²) in [5, 5.41) is 3.40. The van der Waals surface area contributed by atoms with Crippen LogP contribution >= 0.6 is 22.9 Å². The van der Waals surface area contributed by atoms with Crippen molar-refractivity contribution in [3.63, 3.8) is 0 Å². The van der Waals surface area contributed by atoms with Crippen molar-refractivity contribution in [2.45, 2.75) is 6.54 Å². The number of anilines is 1. The lowest BCUT2D eigenvalue weighted by molar-refractivity contribution is -0.141. The maximum Gasteiger partial charge on any atom is 0.332 e. The Morgan fingerprint density at radius 2 is 1.73 bits per heavy atom. The molecule has 4 rings (SSSR count). The lowest BCUT2D eigenvalue weighted by Gasteiger charge is -2.14. The van der Waals surface area contributed by atoms with Crippen LogP contribution in [0.1, 0.15) is 25.6 Å². The molecule has 0 aliphatic heterocycles. The molecule has 2 aromatic heterocycles. The summed E-state index contributed by atoms with van der Waals surface area (Å²) in [5.74, 6) is -2.69. The fourth-order valence-corrected chi connectivity index (χ4v) is 5.06. The average molecular weight is 541 g/mol. The summed E-state index contributed by atoms with van der Waals surface area (Å²) in [6, 6.07) is 16.1. The molecular weight excluding hydrogens is 520 g/mol. The zero-order valence-corrected chi connectivity index (χ0v) is 21.1. The highest BCUT2D eigenvalue weighted by Crippen LogP contribution is 2.34. The van der Waals surface area contributed by atoms with Crippen LogP contribution in [0.15, 0.2) is 64.2 Å². The van der Waals surface area contributed by atoms with E-state index in [0.29, 0.717) is 0 Å². The van der Waals surface area contributed by atoms with E-state index >= 15 is 0 Å². The number of fused-ring (bicyclic) bond motifs is 1. The van der Waals surface area contributed by atoms with Gasteiger partial charge in [0.2, 0.25) is 5.78 Å². The molecule has 0 fully saturated rings. The van der Waals surface area contributed by atoms with E-state index in [2.05, 4.69) is 5.32 Å². The molecule has 0 saturated heterocycles. The molecule has 3 N–H and O–H groups in total. The Balaban J connectivity index is 1.43. The van der Waals surface area contributed by atoms with Gasteiger partial charge in [-0.15, -0.1) is 11.3 Å². The molecule has 1 amide bonds. The first-order chi connectivity index (χ1) is 17.7. The van der Waals surface area contributed by atoms with E-state index in [1.165, 1.54) is 18.4 Å². The van der Waals surface area contributed by atoms with E-state index in [4.69, 9.17) is 22.1 Å². The van der Waals surface area contributed by atoms with Crippen LogP contribution in [0.2, 0.25) is 5.02 Å². The lowest BCUT2D eigenvalue weighted by Crippen LogP contribution is -2.43. The second-order valence-corrected chi connectivity index (χ2v) is 9.42. The number of ether oxygens (including phenoxy) is 1. The quantitative estimate of drug-likeness (QED) is 0.257. The number of ketones is 1. The van der Waals surface area contributed by atoms with Gasteiger partial charge in [0.1, 0.15) is 22.8 Å². The number of nitrogens with one attached hydrogen (secondary N) is 1. The molecule has 0 atom stereocenters. The van der Waals surface area contributed by atoms with Gasteiger partial charge in [-0.25, -0.2) is 4.79 Å². The van der Waals surface area contributed by atoms with Crippen LogP contribution in [0.4, 0.5) is 5.82 Å². The molecule has 10 nitrogen and oxygen atoms in total. The van der Waals surface area contributed by atoms with Crippen molar-refractivity contribution in [3.05, 3.63) is 96.5 Å². The molecule has 2 heterocycles. The number of carbonyl (C=O) groups excluding carboxylic acids is 3. The maximum absolute atomic E-state index is 12.8. The Morgan fingerprint density at radius 3 is 2.43 bits per heavy atom. The van der Waals surface area contributed by atoms with Crippen LogP contribution in [0.3, 0.4) is 0 Å². The zero-order valence-electron chi connectivity index (χ0n) is 19.5. The smallest absolute Gasteiger partial charge is 0.332 e. The molecule has 12 heteroatoms. The minimum Gasteiger partial charge on any atom is -0.456 e. The van der Waals surface area contributed by atoms with Gasteiger partial charge in [-0.05, 0) is 11.6 Å². The van der Waals surface area contributed by atoms with Crippen LogP contribution in [-0.2, 0) is 23.1 Å². The average Bonchev–Trinajstić information content (AvgIpc) is 3.24. The molecule has 0 unspecified atom stereocenters. The molecule has 0 aliphatic rings. The number of esters is 1. The summed E-state index contributed by atoms with van der Waals surface area (Å²) >= 11 is 7.45. The van der Waals surface area contributed by atoms with Gasteiger partial charge in [-0.1, -0.05) is 60.1 Å². The second kappa shape index (κ2) is 10.8. The third-order valence-electron chi connectivity index (χ3n) is 5.54. The van der Waals surface area contributed by atoms with Crippen LogP contribution in [0.5, 0.6) is 0 Å². The first-order valence-corrected chi connectivity index (χ1v) is 12.2. The van der Waals surface area contributed by atoms with Crippen LogP contribution < -0.4 is 22.3 Å². The third-order valence-corrected chi connectivity index (χ3v) is 7.22. The Kier molecular flexibility index (Phi) is 7.55. The molecule has 0 aliphatic carbocycles. The van der Waals surface area contributed by atoms with E-state index in [1.54, 1.807) is 42.5 Å². The molecule has 0 spiro atoms. The van der Waals surface area contributed by atoms with E-state index in [9.17, 15) is 24.0 Å². The number of Topliss-reactive ketones (excluding diaryl/α,β-unsaturated/α-hetero) is 1. The predicted molar refractivity (Wildman–Crippen MR) is 140 cm³/mol. The Hall–Kier alpha value is -4.22. The molecule has 0 saturated carbocycles. The maximum atomic E-state index is 12.8. The highest BCUT2D eigenvalue weighted by Gasteiger charge is 2.23. The lowest BCUT2D eigenvalue weighted by atomic mass is 10.2. The molecule has 37 heavy (non-hydrogen) atoms. The van der Waals surface area contributed by atoms with Crippen molar-refractivity contribution in [2.24, 2.45) is 7.05 Å². The molecule has 190 valence electrons. The number of halogens is 1. The van der Waals surface area contributed by atoms with Gasteiger partial charge in [0, 0.05) is 17.1 Å². The van der Waals surface area contributed by atoms with Crippen LogP contribution in [-0.4, -0.2) is 39.9 Å². The number of carbonyl (C=O) groups is 3. The SMILES string of the molecule is Cn1c(=O)c(C(=O)COC(=O)CNC(=O)c2sc3ccccc3c2Cl)c(N)n(Cc2ccccc2)c1=O. The largest absolute Gasteiger partial charge is 0.456 e. The van der Waals surface area contributed by atoms with Crippen molar-refractivity contribution < 1.29 is 19.1 Å². The number of aromatic nitrogens is 2. The number of nitrogens with zero attached hydrogens (tertiary/aromatic N) is 2. The minimum atomic E-state index is -0.910. The van der Waals surface area contributed by atoms with Crippen molar-refractivity contribution in [2.75, 3.05) is 18.9 Å². The summed E-state index contributed by atoms with van der Waals surface area (Å²) in [5.41, 5.74) is 4.71. The standard InChI is InChI=1S/C25H21ClN4O6S/c1-29-24(34)19(22(27)30(25(29)35)12-14-7-3-2-4-8-14)16(31)13-36-18(32)11-28-23(33)21-20(26)15-9-5-6-10-17(15)37-21/h2-10H,11-13,27H2,1H3,(H,28,33). The van der Waals surface area contributed by atoms with E-state index < -0.39 is 47.6 Å². The number of nitrogen functional groups attached to an aromatic ring is 1. The number of hydrogen-bond donors (Lipinski definition) is 2. The first-order valence-electron chi connectivity index (χ1n) is 11.0. The number of rotatable bonds is 8. The highest BCUT2D eigenvalue weighted by molar-refractivity contribution is 7.21. The molecule has 2 aromatic carbocycles. The van der Waals surface area contributed by atoms with Gasteiger partial charge in [0.25, 0.3) is 11.5 Å². The molecule has 0 radical (unpaired) electrons. The summed E-state index contributed by atoms with van der Waals surface area (Å²) in [6.07, 6.45) is 0. The van der Waals surface area contributed by atoms with Crippen molar-refractivity contribution in [1.82, 2.24) is 14.5 Å². The van der Waals surface area contributed by atoms with Gasteiger partial charge in [0.05, 0.1) is 11.6 Å². The summed E-state index contributed by atoms with van der Waals surface area (Å²) in [4.78, 5) is 62.9. The molecule has 0 bridgehead atoms. The van der Waals surface area contributed by atoms with Gasteiger partial charge < -0.3 is 15.8 Å². The number of amides is 1. The summed E-state index contributed by atoms with van der Waals surface area (Å²) < 4.78 is 7.63. The summed E-state index contributed by atoms with van der Waals surface area (Å²) in [7, 11) is 1.23. The Morgan fingerprint density at radius 1 is 1.05 bits per heavy atom. The summed E-state index contributed by atoms with van der Waals surface area (Å²) in [6.45, 7) is -1.30. The fraction of sp³-hybridized carbons (Fsp3) is 0.160. The number of hydrogen-bond acceptors (Lipinski definition) is 8. The number of nitrogens with two attached hydrogens (primary N) is 1.